The Kier molecular flexibility index (Phi) is 2.90. The molecule has 2 heterocycles. The summed E-state index contributed by atoms with van der Waals surface area (Å²) in [5.41, 5.74) is 0.749. The van der Waals surface area contributed by atoms with Crippen molar-refractivity contribution in [2.75, 3.05) is 0 Å². The fraction of sp³-hybridized carbons (Fsp3) is 0.400. The molecule has 0 amide bonds. The first-order chi connectivity index (χ1) is 7.20. The molecule has 80 valence electrons. The topological polar surface area (TPSA) is 39.4 Å². The lowest BCUT2D eigenvalue weighted by Crippen LogP contribution is -2.11. The van der Waals surface area contributed by atoms with Crippen molar-refractivity contribution in [1.29, 1.82) is 0 Å². The molecular weight excluding hydrogens is 258 g/mol. The monoisotopic (exact) mass is 269 g/mol. The smallest absolute Gasteiger partial charge is 0.259 e. The van der Waals surface area contributed by atoms with Crippen LogP contribution in [-0.2, 0) is 0 Å². The Labute approximate surface area is 96.4 Å². The van der Waals surface area contributed by atoms with Crippen molar-refractivity contribution in [1.82, 2.24) is 14.4 Å². The van der Waals surface area contributed by atoms with Crippen molar-refractivity contribution >= 4 is 21.6 Å². The summed E-state index contributed by atoms with van der Waals surface area (Å²) in [6.45, 7) is 4.09. The third-order valence-corrected chi connectivity index (χ3v) is 2.58. The van der Waals surface area contributed by atoms with E-state index in [1.54, 1.807) is 6.20 Å². The van der Waals surface area contributed by atoms with Gasteiger partial charge in [0.25, 0.3) is 5.88 Å². The molecular formula is C10H12BrN3O. The molecule has 0 spiro atoms. The summed E-state index contributed by atoms with van der Waals surface area (Å²) in [6, 6.07) is 0. The highest BCUT2D eigenvalue weighted by molar-refractivity contribution is 9.10. The van der Waals surface area contributed by atoms with E-state index < -0.39 is 0 Å². The van der Waals surface area contributed by atoms with Gasteiger partial charge >= 0.3 is 0 Å². The van der Waals surface area contributed by atoms with Crippen LogP contribution in [-0.4, -0.2) is 20.5 Å². The zero-order valence-electron chi connectivity index (χ0n) is 8.64. The highest BCUT2D eigenvalue weighted by atomic mass is 79.9. The van der Waals surface area contributed by atoms with E-state index >= 15 is 0 Å². The molecule has 2 rings (SSSR count). The highest BCUT2D eigenvalue weighted by Gasteiger charge is 2.10. The maximum atomic E-state index is 5.69. The summed E-state index contributed by atoms with van der Waals surface area (Å²) < 4.78 is 8.32. The van der Waals surface area contributed by atoms with Crippen molar-refractivity contribution in [2.24, 2.45) is 0 Å². The molecule has 0 aliphatic carbocycles. The Hall–Kier alpha value is -1.10. The van der Waals surface area contributed by atoms with Gasteiger partial charge < -0.3 is 4.74 Å². The number of fused-ring (bicyclic) bond motifs is 1. The molecule has 0 bridgehead atoms. The van der Waals surface area contributed by atoms with Gasteiger partial charge in [-0.05, 0) is 29.3 Å². The van der Waals surface area contributed by atoms with Gasteiger partial charge in [0.05, 0.1) is 6.10 Å². The standard InChI is InChI=1S/C10H12BrN3O/c1-3-7(2)15-10-9-12-4-5-14(9)6-8(11)13-10/h4-7H,3H2,1-2H3. The van der Waals surface area contributed by atoms with Gasteiger partial charge in [-0.25, -0.2) is 9.97 Å². The third kappa shape index (κ3) is 2.12. The van der Waals surface area contributed by atoms with Crippen molar-refractivity contribution in [3.05, 3.63) is 23.2 Å². The van der Waals surface area contributed by atoms with Crippen LogP contribution < -0.4 is 4.74 Å². The summed E-state index contributed by atoms with van der Waals surface area (Å²) in [5, 5.41) is 0. The lowest BCUT2D eigenvalue weighted by Gasteiger charge is -2.12. The maximum Gasteiger partial charge on any atom is 0.259 e. The van der Waals surface area contributed by atoms with E-state index in [4.69, 9.17) is 4.74 Å². The molecule has 0 saturated heterocycles. The SMILES string of the molecule is CCC(C)Oc1nc(Br)cn2ccnc12. The molecule has 0 aliphatic rings. The molecule has 2 aromatic rings. The van der Waals surface area contributed by atoms with Gasteiger partial charge in [0.1, 0.15) is 4.60 Å². The number of imidazole rings is 1. The number of halogens is 1. The van der Waals surface area contributed by atoms with Crippen LogP contribution in [0.2, 0.25) is 0 Å². The number of hydrogen-bond acceptors (Lipinski definition) is 3. The minimum absolute atomic E-state index is 0.146. The van der Waals surface area contributed by atoms with Gasteiger partial charge in [0, 0.05) is 18.6 Å². The van der Waals surface area contributed by atoms with Crippen LogP contribution in [0.5, 0.6) is 5.88 Å². The first kappa shape index (κ1) is 10.4. The van der Waals surface area contributed by atoms with E-state index in [0.717, 1.165) is 16.7 Å². The lowest BCUT2D eigenvalue weighted by atomic mass is 10.3. The van der Waals surface area contributed by atoms with Gasteiger partial charge in [0.2, 0.25) is 5.65 Å². The zero-order valence-corrected chi connectivity index (χ0v) is 10.2. The number of nitrogens with zero attached hydrogens (tertiary/aromatic N) is 3. The Balaban J connectivity index is 2.44. The molecule has 4 nitrogen and oxygen atoms in total. The largest absolute Gasteiger partial charge is 0.472 e. The predicted molar refractivity (Wildman–Crippen MR) is 61.1 cm³/mol. The maximum absolute atomic E-state index is 5.69. The van der Waals surface area contributed by atoms with Crippen molar-refractivity contribution in [3.63, 3.8) is 0 Å². The first-order valence-corrected chi connectivity index (χ1v) is 5.66. The van der Waals surface area contributed by atoms with Crippen LogP contribution >= 0.6 is 15.9 Å². The fourth-order valence-electron chi connectivity index (χ4n) is 1.23. The van der Waals surface area contributed by atoms with Gasteiger partial charge in [0.15, 0.2) is 0 Å². The van der Waals surface area contributed by atoms with Gasteiger partial charge in [-0.15, -0.1) is 0 Å². The van der Waals surface area contributed by atoms with Crippen molar-refractivity contribution in [3.8, 4) is 5.88 Å². The number of ether oxygens (including phenoxy) is 1. The molecule has 0 saturated carbocycles. The average molecular weight is 270 g/mol. The molecule has 0 aromatic carbocycles. The predicted octanol–water partition coefficient (Wildman–Crippen LogP) is 2.67. The molecule has 1 atom stereocenters. The molecule has 5 heteroatoms. The van der Waals surface area contributed by atoms with E-state index in [9.17, 15) is 0 Å². The van der Waals surface area contributed by atoms with Crippen molar-refractivity contribution in [2.45, 2.75) is 26.4 Å². The Morgan fingerprint density at radius 1 is 1.60 bits per heavy atom. The fourth-order valence-corrected chi connectivity index (χ4v) is 1.61. The van der Waals surface area contributed by atoms with E-state index in [1.807, 2.05) is 23.7 Å². The van der Waals surface area contributed by atoms with E-state index in [1.165, 1.54) is 0 Å². The Morgan fingerprint density at radius 2 is 2.40 bits per heavy atom. The van der Waals surface area contributed by atoms with E-state index in [0.29, 0.717) is 5.88 Å². The second kappa shape index (κ2) is 4.18. The first-order valence-electron chi connectivity index (χ1n) is 4.86. The molecule has 0 radical (unpaired) electrons. The highest BCUT2D eigenvalue weighted by Crippen LogP contribution is 2.20. The zero-order chi connectivity index (χ0) is 10.8. The van der Waals surface area contributed by atoms with Gasteiger partial charge in [-0.2, -0.15) is 0 Å². The minimum Gasteiger partial charge on any atom is -0.472 e. The van der Waals surface area contributed by atoms with Gasteiger partial charge in [-0.3, -0.25) is 4.40 Å². The molecule has 0 N–H and O–H groups in total. The van der Waals surface area contributed by atoms with Crippen LogP contribution in [0.1, 0.15) is 20.3 Å². The summed E-state index contributed by atoms with van der Waals surface area (Å²) >= 11 is 3.34. The number of aromatic nitrogens is 3. The Morgan fingerprint density at radius 3 is 3.13 bits per heavy atom. The van der Waals surface area contributed by atoms with E-state index in [-0.39, 0.29) is 6.10 Å². The minimum atomic E-state index is 0.146. The molecule has 2 aromatic heterocycles. The number of rotatable bonds is 3. The van der Waals surface area contributed by atoms with Gasteiger partial charge in [-0.1, -0.05) is 6.92 Å². The molecule has 15 heavy (non-hydrogen) atoms. The summed E-state index contributed by atoms with van der Waals surface area (Å²) in [6.07, 6.45) is 6.54. The molecule has 0 fully saturated rings. The van der Waals surface area contributed by atoms with Crippen molar-refractivity contribution < 1.29 is 4.74 Å². The Bertz CT molecular complexity index is 469. The van der Waals surface area contributed by atoms with Crippen LogP contribution in [0.4, 0.5) is 0 Å². The van der Waals surface area contributed by atoms with E-state index in [2.05, 4.69) is 32.8 Å². The molecule has 0 aliphatic heterocycles. The lowest BCUT2D eigenvalue weighted by molar-refractivity contribution is 0.210. The molecule has 1 unspecified atom stereocenters. The summed E-state index contributed by atoms with van der Waals surface area (Å²) in [5.74, 6) is 0.573. The van der Waals surface area contributed by atoms with Crippen LogP contribution in [0.3, 0.4) is 0 Å². The summed E-state index contributed by atoms with van der Waals surface area (Å²) in [7, 11) is 0. The quantitative estimate of drug-likeness (QED) is 0.860. The summed E-state index contributed by atoms with van der Waals surface area (Å²) in [4.78, 5) is 8.47. The normalized spacial score (nSPS) is 13.0. The number of hydrogen-bond donors (Lipinski definition) is 0. The average Bonchev–Trinajstić information content (AvgIpc) is 2.65. The second-order valence-corrected chi connectivity index (χ2v) is 4.18. The van der Waals surface area contributed by atoms with Crippen LogP contribution in [0.25, 0.3) is 5.65 Å². The van der Waals surface area contributed by atoms with Crippen LogP contribution in [0, 0.1) is 0 Å². The third-order valence-electron chi connectivity index (χ3n) is 2.20. The van der Waals surface area contributed by atoms with Crippen LogP contribution in [0.15, 0.2) is 23.2 Å². The second-order valence-electron chi connectivity index (χ2n) is 3.36.